The Balaban J connectivity index is 2.25. The molecular weight excluding hydrogens is 208 g/mol. The number of hydrogen-bond acceptors (Lipinski definition) is 2. The van der Waals surface area contributed by atoms with Gasteiger partial charge in [-0.15, -0.1) is 0 Å². The lowest BCUT2D eigenvalue weighted by Gasteiger charge is -2.40. The van der Waals surface area contributed by atoms with Gasteiger partial charge in [-0.2, -0.15) is 0 Å². The van der Waals surface area contributed by atoms with Gasteiger partial charge in [-0.05, 0) is 11.8 Å². The molecule has 2 nitrogen and oxygen atoms in total. The van der Waals surface area contributed by atoms with E-state index in [1.54, 1.807) is 0 Å². The number of aliphatic hydroxyl groups excluding tert-OH is 1. The van der Waals surface area contributed by atoms with Gasteiger partial charge >= 0.3 is 0 Å². The summed E-state index contributed by atoms with van der Waals surface area (Å²) < 4.78 is 0. The fourth-order valence-electron chi connectivity index (χ4n) is 2.45. The minimum Gasteiger partial charge on any atom is -0.392 e. The molecule has 2 aliphatic rings. The lowest BCUT2D eigenvalue weighted by Crippen LogP contribution is -2.45. The summed E-state index contributed by atoms with van der Waals surface area (Å²) in [6.45, 7) is 2.09. The summed E-state index contributed by atoms with van der Waals surface area (Å²) in [5, 5.41) is 9.46. The van der Waals surface area contributed by atoms with Gasteiger partial charge in [0.15, 0.2) is 0 Å². The molecule has 2 saturated carbocycles. The zero-order chi connectivity index (χ0) is 8.22. The van der Waals surface area contributed by atoms with E-state index >= 15 is 0 Å². The van der Waals surface area contributed by atoms with Crippen LogP contribution < -0.4 is 0 Å². The lowest BCUT2D eigenvalue weighted by molar-refractivity contribution is -0.138. The Hall–Kier alpha value is 0.110. The van der Waals surface area contributed by atoms with Crippen molar-refractivity contribution < 1.29 is 9.90 Å². The van der Waals surface area contributed by atoms with Crippen LogP contribution in [0.15, 0.2) is 0 Å². The summed E-state index contributed by atoms with van der Waals surface area (Å²) in [6.07, 6.45) is 1.12. The summed E-state index contributed by atoms with van der Waals surface area (Å²) in [4.78, 5) is 11.1. The fourth-order valence-corrected chi connectivity index (χ4v) is 3.57. The van der Waals surface area contributed by atoms with E-state index in [2.05, 4.69) is 22.9 Å². The smallest absolute Gasteiger partial charge is 0.138 e. The van der Waals surface area contributed by atoms with Crippen LogP contribution in [0.2, 0.25) is 0 Å². The number of fused-ring (bicyclic) bond motifs is 1. The van der Waals surface area contributed by atoms with Crippen molar-refractivity contribution in [2.75, 3.05) is 0 Å². The lowest BCUT2D eigenvalue weighted by atomic mass is 9.62. The van der Waals surface area contributed by atoms with Crippen LogP contribution in [-0.4, -0.2) is 21.8 Å². The van der Waals surface area contributed by atoms with Crippen LogP contribution in [-0.2, 0) is 4.79 Å². The highest BCUT2D eigenvalue weighted by Crippen LogP contribution is 2.56. The summed E-state index contributed by atoms with van der Waals surface area (Å²) in [5.74, 6) is 0.392. The molecule has 0 radical (unpaired) electrons. The van der Waals surface area contributed by atoms with Crippen molar-refractivity contribution in [1.29, 1.82) is 0 Å². The van der Waals surface area contributed by atoms with Crippen molar-refractivity contribution in [3.63, 3.8) is 0 Å². The Morgan fingerprint density at radius 1 is 1.73 bits per heavy atom. The highest BCUT2D eigenvalue weighted by molar-refractivity contribution is 9.09. The number of hydrogen-bond donors (Lipinski definition) is 1. The molecule has 0 heterocycles. The van der Waals surface area contributed by atoms with E-state index < -0.39 is 0 Å². The first kappa shape index (κ1) is 7.74. The highest BCUT2D eigenvalue weighted by atomic mass is 79.9. The van der Waals surface area contributed by atoms with Crippen molar-refractivity contribution in [1.82, 2.24) is 0 Å². The van der Waals surface area contributed by atoms with Crippen LogP contribution in [0.5, 0.6) is 0 Å². The molecule has 0 aliphatic heterocycles. The second kappa shape index (κ2) is 2.07. The van der Waals surface area contributed by atoms with E-state index in [-0.39, 0.29) is 22.3 Å². The first-order valence-corrected chi connectivity index (χ1v) is 4.81. The number of carbonyl (C=O) groups excluding carboxylic acids is 1. The van der Waals surface area contributed by atoms with E-state index in [0.717, 1.165) is 6.42 Å². The molecule has 3 heteroatoms. The maximum atomic E-state index is 11.1. The van der Waals surface area contributed by atoms with Crippen LogP contribution in [0.25, 0.3) is 0 Å². The van der Waals surface area contributed by atoms with Crippen LogP contribution in [0.3, 0.4) is 0 Å². The summed E-state index contributed by atoms with van der Waals surface area (Å²) >= 11 is 3.37. The number of rotatable bonds is 0. The average Bonchev–Trinajstić information content (AvgIpc) is 2.00. The van der Waals surface area contributed by atoms with Crippen LogP contribution in [0, 0.1) is 11.3 Å². The van der Waals surface area contributed by atoms with Crippen LogP contribution in [0.1, 0.15) is 19.8 Å². The van der Waals surface area contributed by atoms with Gasteiger partial charge in [0.25, 0.3) is 0 Å². The maximum absolute atomic E-state index is 11.1. The predicted molar refractivity (Wildman–Crippen MR) is 44.6 cm³/mol. The SMILES string of the molecule is C[C@]12CC(=O)[C@H]1[C@H](Br)[C@@H](O)C2. The molecule has 4 atom stereocenters. The molecule has 11 heavy (non-hydrogen) atoms. The summed E-state index contributed by atoms with van der Waals surface area (Å²) in [6, 6.07) is 0. The Morgan fingerprint density at radius 3 is 2.73 bits per heavy atom. The molecule has 2 fully saturated rings. The quantitative estimate of drug-likeness (QED) is 0.619. The van der Waals surface area contributed by atoms with E-state index in [1.165, 1.54) is 0 Å². The van der Waals surface area contributed by atoms with Gasteiger partial charge < -0.3 is 5.11 Å². The number of ketones is 1. The molecule has 62 valence electrons. The van der Waals surface area contributed by atoms with E-state index in [1.807, 2.05) is 0 Å². The molecule has 0 unspecified atom stereocenters. The number of carbonyl (C=O) groups is 1. The summed E-state index contributed by atoms with van der Waals surface area (Å²) in [7, 11) is 0. The maximum Gasteiger partial charge on any atom is 0.138 e. The minimum absolute atomic E-state index is 0.00810. The Labute approximate surface area is 74.1 Å². The molecule has 0 aromatic heterocycles. The van der Waals surface area contributed by atoms with Gasteiger partial charge in [0.2, 0.25) is 0 Å². The van der Waals surface area contributed by atoms with Crippen LogP contribution in [0.4, 0.5) is 0 Å². The predicted octanol–water partition coefficient (Wildman–Crippen LogP) is 1.11. The van der Waals surface area contributed by atoms with Gasteiger partial charge in [0.05, 0.1) is 10.9 Å². The van der Waals surface area contributed by atoms with E-state index in [0.29, 0.717) is 12.2 Å². The zero-order valence-corrected chi connectivity index (χ0v) is 7.97. The van der Waals surface area contributed by atoms with Crippen molar-refractivity contribution in [3.05, 3.63) is 0 Å². The number of Topliss-reactive ketones (excluding diaryl/α,β-unsaturated/α-hetero) is 1. The first-order valence-electron chi connectivity index (χ1n) is 3.89. The molecule has 0 aromatic rings. The van der Waals surface area contributed by atoms with Gasteiger partial charge in [0.1, 0.15) is 5.78 Å². The standard InChI is InChI=1S/C8H11BrO2/c1-8-2-4(10)6(8)7(9)5(11)3-8/h5-7,11H,2-3H2,1H3/t5-,6-,7+,8+/m0/s1. The van der Waals surface area contributed by atoms with E-state index in [4.69, 9.17) is 0 Å². The molecule has 0 amide bonds. The van der Waals surface area contributed by atoms with Crippen molar-refractivity contribution >= 4 is 21.7 Å². The molecule has 1 N–H and O–H groups in total. The molecule has 0 aromatic carbocycles. The zero-order valence-electron chi connectivity index (χ0n) is 6.38. The largest absolute Gasteiger partial charge is 0.392 e. The van der Waals surface area contributed by atoms with Crippen LogP contribution >= 0.6 is 15.9 Å². The molecular formula is C8H11BrO2. The van der Waals surface area contributed by atoms with Gasteiger partial charge in [-0.3, -0.25) is 4.79 Å². The van der Waals surface area contributed by atoms with Crippen molar-refractivity contribution in [3.8, 4) is 0 Å². The van der Waals surface area contributed by atoms with Crippen molar-refractivity contribution in [2.45, 2.75) is 30.7 Å². The molecule has 0 spiro atoms. The number of aliphatic hydroxyl groups is 1. The molecule has 0 bridgehead atoms. The topological polar surface area (TPSA) is 37.3 Å². The van der Waals surface area contributed by atoms with E-state index in [9.17, 15) is 9.90 Å². The highest BCUT2D eigenvalue weighted by Gasteiger charge is 2.60. The fraction of sp³-hybridized carbons (Fsp3) is 0.875. The molecule has 2 rings (SSSR count). The van der Waals surface area contributed by atoms with Gasteiger partial charge in [-0.1, -0.05) is 22.9 Å². The normalized spacial score (nSPS) is 55.5. The Kier molecular flexibility index (Phi) is 1.46. The van der Waals surface area contributed by atoms with Crippen molar-refractivity contribution in [2.24, 2.45) is 11.3 Å². The third kappa shape index (κ3) is 0.842. The molecule has 0 saturated heterocycles. The monoisotopic (exact) mass is 218 g/mol. The first-order chi connectivity index (χ1) is 5.04. The van der Waals surface area contributed by atoms with Gasteiger partial charge in [-0.25, -0.2) is 0 Å². The second-order valence-electron chi connectivity index (χ2n) is 3.99. The molecule has 2 aliphatic carbocycles. The Morgan fingerprint density at radius 2 is 2.36 bits per heavy atom. The second-order valence-corrected chi connectivity index (χ2v) is 5.05. The third-order valence-corrected chi connectivity index (χ3v) is 4.18. The number of halogens is 1. The third-order valence-electron chi connectivity index (χ3n) is 3.04. The number of alkyl halides is 1. The minimum atomic E-state index is -0.323. The van der Waals surface area contributed by atoms with Gasteiger partial charge in [0, 0.05) is 12.3 Å². The Bertz CT molecular complexity index is 216. The summed E-state index contributed by atoms with van der Waals surface area (Å²) in [5.41, 5.74) is 0.102. The average molecular weight is 219 g/mol.